The molecule has 1 aliphatic rings. The molecular formula is C21H25ClN2O3S. The van der Waals surface area contributed by atoms with Gasteiger partial charge in [-0.2, -0.15) is 0 Å². The van der Waals surface area contributed by atoms with E-state index in [1.54, 1.807) is 41.3 Å². The van der Waals surface area contributed by atoms with E-state index >= 15 is 0 Å². The lowest BCUT2D eigenvalue weighted by Crippen LogP contribution is -2.43. The van der Waals surface area contributed by atoms with E-state index in [4.69, 9.17) is 11.6 Å². The highest BCUT2D eigenvalue weighted by molar-refractivity contribution is 7.92. The molecule has 3 rings (SSSR count). The summed E-state index contributed by atoms with van der Waals surface area (Å²) in [5.74, 6) is -0.182. The zero-order valence-corrected chi connectivity index (χ0v) is 17.5. The molecule has 2 aromatic carbocycles. The van der Waals surface area contributed by atoms with Crippen LogP contribution in [0.25, 0.3) is 0 Å². The van der Waals surface area contributed by atoms with Crippen LogP contribution in [0.15, 0.2) is 53.4 Å². The van der Waals surface area contributed by atoms with Crippen molar-refractivity contribution in [3.05, 3.63) is 59.1 Å². The van der Waals surface area contributed by atoms with Crippen LogP contribution in [0.1, 0.15) is 31.2 Å². The zero-order valence-electron chi connectivity index (χ0n) is 16.0. The van der Waals surface area contributed by atoms with Crippen molar-refractivity contribution in [3.63, 3.8) is 0 Å². The van der Waals surface area contributed by atoms with E-state index in [0.717, 1.165) is 31.2 Å². The Bertz CT molecular complexity index is 924. The maximum absolute atomic E-state index is 13.3. The number of halogens is 1. The Morgan fingerprint density at radius 3 is 2.29 bits per heavy atom. The van der Waals surface area contributed by atoms with E-state index < -0.39 is 10.0 Å². The third-order valence-corrected chi connectivity index (χ3v) is 7.21. The third kappa shape index (κ3) is 4.67. The number of carbonyl (C=O) groups excluding carboxylic acids is 1. The Morgan fingerprint density at radius 2 is 1.68 bits per heavy atom. The predicted octanol–water partition coefficient (Wildman–Crippen LogP) is 4.25. The first-order valence-corrected chi connectivity index (χ1v) is 11.3. The van der Waals surface area contributed by atoms with Gasteiger partial charge in [0.05, 0.1) is 10.6 Å². The molecular weight excluding hydrogens is 396 g/mol. The minimum absolute atomic E-state index is 0.148. The van der Waals surface area contributed by atoms with Crippen LogP contribution in [0.3, 0.4) is 0 Å². The molecule has 0 saturated carbocycles. The molecule has 0 bridgehead atoms. The van der Waals surface area contributed by atoms with Crippen LogP contribution in [-0.2, 0) is 14.8 Å². The molecule has 0 atom stereocenters. The highest BCUT2D eigenvalue weighted by Gasteiger charge is 2.29. The molecule has 0 aromatic heterocycles. The Labute approximate surface area is 172 Å². The molecule has 2 aromatic rings. The van der Waals surface area contributed by atoms with E-state index in [1.165, 1.54) is 16.4 Å². The van der Waals surface area contributed by atoms with Crippen LogP contribution < -0.4 is 4.31 Å². The molecule has 0 spiro atoms. The van der Waals surface area contributed by atoms with Crippen molar-refractivity contribution in [1.82, 2.24) is 4.90 Å². The smallest absolute Gasteiger partial charge is 0.264 e. The van der Waals surface area contributed by atoms with E-state index in [-0.39, 0.29) is 17.3 Å². The van der Waals surface area contributed by atoms with Gasteiger partial charge >= 0.3 is 0 Å². The van der Waals surface area contributed by atoms with E-state index in [9.17, 15) is 13.2 Å². The Morgan fingerprint density at radius 1 is 1.04 bits per heavy atom. The largest absolute Gasteiger partial charge is 0.341 e. The van der Waals surface area contributed by atoms with Gasteiger partial charge in [-0.05, 0) is 49.6 Å². The number of aryl methyl sites for hydroxylation is 1. The molecule has 28 heavy (non-hydrogen) atoms. The van der Waals surface area contributed by atoms with Crippen molar-refractivity contribution in [2.45, 2.75) is 37.5 Å². The Balaban J connectivity index is 1.96. The van der Waals surface area contributed by atoms with E-state index in [1.807, 2.05) is 6.92 Å². The SMILES string of the molecule is Cc1ccc(N(CC(=O)N2CCCCCC2)S(=O)(=O)c2ccccc2)cc1Cl. The first kappa shape index (κ1) is 20.7. The van der Waals surface area contributed by atoms with Crippen LogP contribution >= 0.6 is 11.6 Å². The van der Waals surface area contributed by atoms with Crippen molar-refractivity contribution < 1.29 is 13.2 Å². The fourth-order valence-corrected chi connectivity index (χ4v) is 4.92. The standard InChI is InChI=1S/C21H25ClN2O3S/c1-17-11-12-18(15-20(17)22)24(28(26,27)19-9-5-4-6-10-19)16-21(25)23-13-7-2-3-8-14-23/h4-6,9-12,15H,2-3,7-8,13-14,16H2,1H3. The van der Waals surface area contributed by atoms with Crippen LogP contribution in [0.2, 0.25) is 5.02 Å². The topological polar surface area (TPSA) is 57.7 Å². The molecule has 1 aliphatic heterocycles. The average molecular weight is 421 g/mol. The van der Waals surface area contributed by atoms with Crippen molar-refractivity contribution in [2.24, 2.45) is 0 Å². The van der Waals surface area contributed by atoms with Gasteiger partial charge in [-0.1, -0.05) is 48.7 Å². The number of hydrogen-bond acceptors (Lipinski definition) is 3. The molecule has 0 N–H and O–H groups in total. The molecule has 0 unspecified atom stereocenters. The Kier molecular flexibility index (Phi) is 6.62. The fraction of sp³-hybridized carbons (Fsp3) is 0.381. The summed E-state index contributed by atoms with van der Waals surface area (Å²) < 4.78 is 27.8. The molecule has 5 nitrogen and oxygen atoms in total. The monoisotopic (exact) mass is 420 g/mol. The number of anilines is 1. The maximum Gasteiger partial charge on any atom is 0.264 e. The summed E-state index contributed by atoms with van der Waals surface area (Å²) in [6.45, 7) is 2.96. The third-order valence-electron chi connectivity index (χ3n) is 5.01. The second kappa shape index (κ2) is 8.97. The number of benzene rings is 2. The highest BCUT2D eigenvalue weighted by atomic mass is 35.5. The van der Waals surface area contributed by atoms with Crippen LogP contribution in [0.4, 0.5) is 5.69 Å². The van der Waals surface area contributed by atoms with Gasteiger partial charge in [-0.3, -0.25) is 9.10 Å². The van der Waals surface area contributed by atoms with Gasteiger partial charge in [0, 0.05) is 18.1 Å². The number of nitrogens with zero attached hydrogens (tertiary/aromatic N) is 2. The number of hydrogen-bond donors (Lipinski definition) is 0. The van der Waals surface area contributed by atoms with Gasteiger partial charge in [0.15, 0.2) is 0 Å². The van der Waals surface area contributed by atoms with Gasteiger partial charge in [0.25, 0.3) is 10.0 Å². The molecule has 0 radical (unpaired) electrons. The second-order valence-electron chi connectivity index (χ2n) is 7.05. The molecule has 0 aliphatic carbocycles. The van der Waals surface area contributed by atoms with Gasteiger partial charge in [0.2, 0.25) is 5.91 Å². The van der Waals surface area contributed by atoms with Gasteiger partial charge in [-0.15, -0.1) is 0 Å². The average Bonchev–Trinajstić information content (AvgIpc) is 2.98. The van der Waals surface area contributed by atoms with E-state index in [0.29, 0.717) is 23.8 Å². The summed E-state index contributed by atoms with van der Waals surface area (Å²) in [6, 6.07) is 13.2. The minimum Gasteiger partial charge on any atom is -0.341 e. The number of sulfonamides is 1. The number of likely N-dealkylation sites (tertiary alicyclic amines) is 1. The molecule has 1 fully saturated rings. The lowest BCUT2D eigenvalue weighted by atomic mass is 10.2. The van der Waals surface area contributed by atoms with Crippen molar-refractivity contribution in [2.75, 3.05) is 23.9 Å². The van der Waals surface area contributed by atoms with E-state index in [2.05, 4.69) is 0 Å². The van der Waals surface area contributed by atoms with Crippen molar-refractivity contribution in [3.8, 4) is 0 Å². The molecule has 7 heteroatoms. The van der Waals surface area contributed by atoms with Gasteiger partial charge in [0.1, 0.15) is 6.54 Å². The van der Waals surface area contributed by atoms with Crippen molar-refractivity contribution >= 4 is 33.2 Å². The maximum atomic E-state index is 13.3. The normalized spacial score (nSPS) is 15.1. The lowest BCUT2D eigenvalue weighted by molar-refractivity contribution is -0.129. The zero-order chi connectivity index (χ0) is 20.1. The first-order valence-electron chi connectivity index (χ1n) is 9.51. The molecule has 150 valence electrons. The summed E-state index contributed by atoms with van der Waals surface area (Å²) in [5, 5.41) is 0.466. The summed E-state index contributed by atoms with van der Waals surface area (Å²) in [5.41, 5.74) is 1.24. The quantitative estimate of drug-likeness (QED) is 0.726. The van der Waals surface area contributed by atoms with Crippen LogP contribution in [-0.4, -0.2) is 38.9 Å². The summed E-state index contributed by atoms with van der Waals surface area (Å²) in [6.07, 6.45) is 4.10. The first-order chi connectivity index (χ1) is 13.4. The minimum atomic E-state index is -3.90. The van der Waals surface area contributed by atoms with Gasteiger partial charge in [-0.25, -0.2) is 8.42 Å². The number of amides is 1. The van der Waals surface area contributed by atoms with Crippen LogP contribution in [0.5, 0.6) is 0 Å². The van der Waals surface area contributed by atoms with Crippen LogP contribution in [0, 0.1) is 6.92 Å². The highest BCUT2D eigenvalue weighted by Crippen LogP contribution is 2.28. The number of carbonyl (C=O) groups is 1. The van der Waals surface area contributed by atoms with Crippen molar-refractivity contribution in [1.29, 1.82) is 0 Å². The lowest BCUT2D eigenvalue weighted by Gasteiger charge is -2.28. The summed E-state index contributed by atoms with van der Waals surface area (Å²) in [4.78, 5) is 14.9. The Hall–Kier alpha value is -2.05. The fourth-order valence-electron chi connectivity index (χ4n) is 3.31. The molecule has 1 amide bonds. The number of rotatable bonds is 5. The summed E-state index contributed by atoms with van der Waals surface area (Å²) >= 11 is 6.24. The second-order valence-corrected chi connectivity index (χ2v) is 9.32. The van der Waals surface area contributed by atoms with Gasteiger partial charge < -0.3 is 4.90 Å². The molecule has 1 heterocycles. The summed E-state index contributed by atoms with van der Waals surface area (Å²) in [7, 11) is -3.90. The molecule has 1 saturated heterocycles. The predicted molar refractivity (Wildman–Crippen MR) is 112 cm³/mol.